The minimum Gasteiger partial charge on any atom is -0.255 e. The summed E-state index contributed by atoms with van der Waals surface area (Å²) in [7, 11) is 0. The van der Waals surface area contributed by atoms with E-state index in [-0.39, 0.29) is 68.9 Å². The van der Waals surface area contributed by atoms with Gasteiger partial charge in [-0.1, -0.05) is 24.6 Å². The van der Waals surface area contributed by atoms with Crippen LogP contribution in [0.15, 0.2) is 42.0 Å². The third kappa shape index (κ3) is 7.32. The fraction of sp³-hybridized carbons (Fsp3) is 0.385. The Kier molecular flexibility index (Phi) is 11.3. The molecule has 0 spiro atoms. The molecule has 0 N–H and O–H groups in total. The number of allylic oxidation sites excluding steroid dienone is 8. The topological polar surface area (TPSA) is 0 Å². The zero-order valence-corrected chi connectivity index (χ0v) is 15.6. The van der Waals surface area contributed by atoms with Gasteiger partial charge in [-0.3, -0.25) is 6.08 Å². The largest absolute Gasteiger partial charge is 1.00 e. The van der Waals surface area contributed by atoms with Crippen molar-refractivity contribution in [3.8, 4) is 0 Å². The molecule has 0 amide bonds. The summed E-state index contributed by atoms with van der Waals surface area (Å²) in [6, 6.07) is 0. The molecule has 0 saturated heterocycles. The van der Waals surface area contributed by atoms with Crippen molar-refractivity contribution in [2.24, 2.45) is 0 Å². The Hall–Kier alpha value is 1.01. The Labute approximate surface area is 147 Å². The molecule has 0 saturated carbocycles. The van der Waals surface area contributed by atoms with Gasteiger partial charge in [-0.15, -0.1) is 6.08 Å². The Bertz CT molecular complexity index is 244. The van der Waals surface area contributed by atoms with Gasteiger partial charge in [-0.25, -0.2) is 12.2 Å². The molecule has 0 aromatic heterocycles. The van der Waals surface area contributed by atoms with Crippen LogP contribution in [-0.4, -0.2) is 0 Å². The minimum absolute atomic E-state index is 0. The minimum atomic E-state index is 0. The molecule has 0 nitrogen and oxygen atoms in total. The van der Waals surface area contributed by atoms with E-state index in [4.69, 9.17) is 0 Å². The second-order valence-electron chi connectivity index (χ2n) is 3.20. The third-order valence-corrected chi connectivity index (χ3v) is 2.12. The summed E-state index contributed by atoms with van der Waals surface area (Å²) < 4.78 is 0. The molecule has 1 rings (SSSR count). The fourth-order valence-corrected chi connectivity index (χ4v) is 1.43. The van der Waals surface area contributed by atoms with Gasteiger partial charge in [0.25, 0.3) is 0 Å². The van der Waals surface area contributed by atoms with Crippen LogP contribution < -0.4 is 68.9 Å². The Balaban J connectivity index is 0.00000169. The van der Waals surface area contributed by atoms with E-state index in [1.165, 1.54) is 19.3 Å². The summed E-state index contributed by atoms with van der Waals surface area (Å²) >= 11 is 0. The number of hydrogen-bond donors (Lipinski definition) is 0. The molecule has 14 heavy (non-hydrogen) atoms. The first-order valence-corrected chi connectivity index (χ1v) is 4.97. The van der Waals surface area contributed by atoms with Gasteiger partial charge in [-0.2, -0.15) is 6.08 Å². The summed E-state index contributed by atoms with van der Waals surface area (Å²) in [5.41, 5.74) is 1.60. The van der Waals surface area contributed by atoms with Crippen molar-refractivity contribution in [2.75, 3.05) is 0 Å². The van der Waals surface area contributed by atoms with Crippen LogP contribution >= 0.6 is 0 Å². The van der Waals surface area contributed by atoms with E-state index in [9.17, 15) is 0 Å². The predicted octanol–water partition coefficient (Wildman–Crippen LogP) is 0.982. The van der Waals surface area contributed by atoms with Gasteiger partial charge < -0.3 is 0 Å². The van der Waals surface area contributed by atoms with Crippen LogP contribution in [0.5, 0.6) is 0 Å². The average Bonchev–Trinajstić information content (AvgIpc) is 2.63. The molecule has 0 aromatic carbocycles. The third-order valence-electron chi connectivity index (χ3n) is 2.12. The van der Waals surface area contributed by atoms with Gasteiger partial charge in [0.2, 0.25) is 0 Å². The van der Waals surface area contributed by atoms with Gasteiger partial charge in [0.05, 0.1) is 0 Å². The Morgan fingerprint density at radius 1 is 1.43 bits per heavy atom. The van der Waals surface area contributed by atoms with Crippen LogP contribution in [0.4, 0.5) is 0 Å². The van der Waals surface area contributed by atoms with E-state index < -0.39 is 0 Å². The fourth-order valence-electron chi connectivity index (χ4n) is 1.43. The molecule has 0 radical (unpaired) electrons. The number of rotatable bonds is 4. The molecular weight excluding hydrogens is 289 g/mol. The molecule has 0 unspecified atom stereocenters. The Morgan fingerprint density at radius 2 is 2.29 bits per heavy atom. The molecule has 1 aliphatic rings. The maximum Gasteiger partial charge on any atom is 1.00 e. The van der Waals surface area contributed by atoms with Crippen LogP contribution in [0.3, 0.4) is 0 Å². The second kappa shape index (κ2) is 10.5. The first-order chi connectivity index (χ1) is 6.43. The summed E-state index contributed by atoms with van der Waals surface area (Å²) in [6.45, 7) is 1.97. The first-order valence-electron chi connectivity index (χ1n) is 4.97. The van der Waals surface area contributed by atoms with E-state index in [0.29, 0.717) is 0 Å². The summed E-state index contributed by atoms with van der Waals surface area (Å²) in [5, 5.41) is 0. The maximum absolute atomic E-state index is 3.01. The van der Waals surface area contributed by atoms with Gasteiger partial charge in [0.15, 0.2) is 0 Å². The summed E-state index contributed by atoms with van der Waals surface area (Å²) in [4.78, 5) is 0. The molecule has 1 heteroatoms. The van der Waals surface area contributed by atoms with Crippen LogP contribution in [0.25, 0.3) is 0 Å². The molecular formula is C13H17Cs. The molecule has 0 bridgehead atoms. The van der Waals surface area contributed by atoms with Gasteiger partial charge in [-0.05, 0) is 25.7 Å². The molecule has 0 atom stereocenters. The average molecular weight is 306 g/mol. The summed E-state index contributed by atoms with van der Waals surface area (Å²) in [6.07, 6.45) is 20.6. The second-order valence-corrected chi connectivity index (χ2v) is 3.20. The zero-order chi connectivity index (χ0) is 9.36. The summed E-state index contributed by atoms with van der Waals surface area (Å²) in [5.74, 6) is 0. The Morgan fingerprint density at radius 3 is 2.93 bits per heavy atom. The van der Waals surface area contributed by atoms with Gasteiger partial charge in [0, 0.05) is 0 Å². The monoisotopic (exact) mass is 306 g/mol. The van der Waals surface area contributed by atoms with E-state index in [0.717, 1.165) is 6.42 Å². The van der Waals surface area contributed by atoms with Gasteiger partial charge >= 0.3 is 68.9 Å². The maximum atomic E-state index is 3.01. The van der Waals surface area contributed by atoms with Gasteiger partial charge in [0.1, 0.15) is 0 Å². The van der Waals surface area contributed by atoms with Crippen molar-refractivity contribution in [3.05, 3.63) is 48.1 Å². The van der Waals surface area contributed by atoms with E-state index in [2.05, 4.69) is 24.3 Å². The van der Waals surface area contributed by atoms with Crippen LogP contribution in [0, 0.1) is 6.08 Å². The first kappa shape index (κ1) is 15.0. The van der Waals surface area contributed by atoms with Crippen molar-refractivity contribution in [2.45, 2.75) is 32.6 Å². The molecule has 70 valence electrons. The van der Waals surface area contributed by atoms with Crippen molar-refractivity contribution in [1.82, 2.24) is 0 Å². The smallest absolute Gasteiger partial charge is 0.255 e. The van der Waals surface area contributed by atoms with E-state index in [1.807, 2.05) is 25.2 Å². The van der Waals surface area contributed by atoms with E-state index >= 15 is 0 Å². The van der Waals surface area contributed by atoms with Crippen molar-refractivity contribution >= 4 is 0 Å². The zero-order valence-electron chi connectivity index (χ0n) is 9.29. The van der Waals surface area contributed by atoms with Crippen molar-refractivity contribution in [3.63, 3.8) is 0 Å². The van der Waals surface area contributed by atoms with Crippen LogP contribution in [0.1, 0.15) is 32.6 Å². The van der Waals surface area contributed by atoms with Crippen LogP contribution in [-0.2, 0) is 0 Å². The quantitative estimate of drug-likeness (QED) is 0.413. The van der Waals surface area contributed by atoms with Crippen molar-refractivity contribution in [1.29, 1.82) is 0 Å². The van der Waals surface area contributed by atoms with Crippen LogP contribution in [0.2, 0.25) is 0 Å². The molecule has 1 aliphatic carbocycles. The molecule has 0 fully saturated rings. The molecule has 0 aliphatic heterocycles. The normalized spacial score (nSPS) is 16.8. The van der Waals surface area contributed by atoms with E-state index in [1.54, 1.807) is 5.57 Å². The van der Waals surface area contributed by atoms with Crippen molar-refractivity contribution < 1.29 is 68.9 Å². The number of hydrogen-bond acceptors (Lipinski definition) is 0. The standard InChI is InChI=1S/C13H17.Cs/c1-2-3-4-5-6-7-10-13-11-8-9-12-13;/h2,4-7,11H,8-10,12H2,1H3;/q-1;+1/b5-4-,7-6+;. The predicted molar refractivity (Wildman–Crippen MR) is 58.3 cm³/mol. The SMILES string of the molecule is CC=[C-]/C=C\C=C\CC1=CCCC1.[Cs+]. The molecule has 0 heterocycles. The molecule has 0 aromatic rings.